The number of esters is 1. The van der Waals surface area contributed by atoms with Gasteiger partial charge in [0.1, 0.15) is 17.6 Å². The molecule has 3 aromatic rings. The number of halogens is 2. The van der Waals surface area contributed by atoms with Crippen molar-refractivity contribution in [3.63, 3.8) is 0 Å². The Morgan fingerprint density at radius 1 is 1.11 bits per heavy atom. The lowest BCUT2D eigenvalue weighted by Gasteiger charge is -2.40. The van der Waals surface area contributed by atoms with Crippen molar-refractivity contribution < 1.29 is 27.8 Å². The third kappa shape index (κ3) is 8.11. The number of carbonyl (C=O) groups excluding carboxylic acids is 1. The second kappa shape index (κ2) is 13.7. The first-order chi connectivity index (χ1) is 20.8. The fraction of sp³-hybridized carbons (Fsp3) is 0.457. The maximum Gasteiger partial charge on any atom is 0.340 e. The maximum atomic E-state index is 15.5. The average molecular weight is 606 g/mol. The second-order valence-corrected chi connectivity index (χ2v) is 12.8. The van der Waals surface area contributed by atoms with Crippen LogP contribution in [0.15, 0.2) is 48.7 Å². The molecule has 44 heavy (non-hydrogen) atoms. The van der Waals surface area contributed by atoms with Crippen molar-refractivity contribution in [1.29, 1.82) is 5.26 Å². The molecule has 1 atom stereocenters. The molecule has 0 aliphatic carbocycles. The molecule has 0 N–H and O–H groups in total. The van der Waals surface area contributed by atoms with Crippen molar-refractivity contribution in [2.45, 2.75) is 72.5 Å². The minimum atomic E-state index is -1.22. The highest BCUT2D eigenvalue weighted by molar-refractivity contribution is 5.87. The number of nitriles is 1. The first-order valence-corrected chi connectivity index (χ1v) is 15.0. The van der Waals surface area contributed by atoms with Crippen LogP contribution in [0.2, 0.25) is 0 Å². The van der Waals surface area contributed by atoms with E-state index in [1.165, 1.54) is 18.2 Å². The van der Waals surface area contributed by atoms with Crippen LogP contribution in [0.5, 0.6) is 5.75 Å². The molecule has 1 aliphatic heterocycles. The summed E-state index contributed by atoms with van der Waals surface area (Å²) in [6.07, 6.45) is 2.59. The first-order valence-electron chi connectivity index (χ1n) is 15.0. The Bertz CT molecular complexity index is 1500. The number of piperidine rings is 1. The van der Waals surface area contributed by atoms with Crippen LogP contribution < -0.4 is 9.64 Å². The van der Waals surface area contributed by atoms with E-state index in [0.29, 0.717) is 41.9 Å². The van der Waals surface area contributed by atoms with Crippen molar-refractivity contribution >= 4 is 11.7 Å². The molecule has 7 nitrogen and oxygen atoms in total. The van der Waals surface area contributed by atoms with Gasteiger partial charge in [0.2, 0.25) is 0 Å². The first kappa shape index (κ1) is 32.9. The number of benzene rings is 2. The molecule has 1 aliphatic rings. The summed E-state index contributed by atoms with van der Waals surface area (Å²) in [5.74, 6) is -1.42. The molecule has 0 amide bonds. The standard InChI is InChI=1S/C35H41F2N3O4/c1-7-42-33(41)32(44-34(2,3)4)30-28(21-38)39-22-26(31(30)40-17-15-35(5,6)16-18-40)24-10-13-29(27(37)20-24)43-19-14-23-8-11-25(36)12-9-23/h8-13,20,22,32H,7,14-19H2,1-6H3/t32-/m0/s1. The van der Waals surface area contributed by atoms with Gasteiger partial charge in [0.25, 0.3) is 0 Å². The number of ether oxygens (including phenoxy) is 3. The highest BCUT2D eigenvalue weighted by atomic mass is 19.1. The number of pyridine rings is 1. The maximum absolute atomic E-state index is 15.5. The summed E-state index contributed by atoms with van der Waals surface area (Å²) in [5, 5.41) is 10.2. The molecule has 0 spiro atoms. The van der Waals surface area contributed by atoms with Gasteiger partial charge in [-0.2, -0.15) is 5.26 Å². The SMILES string of the molecule is CCOC(=O)[C@@H](OC(C)(C)C)c1c(C#N)ncc(-c2ccc(OCCc3ccc(F)cc3)c(F)c2)c1N1CCC(C)(C)CC1. The van der Waals surface area contributed by atoms with E-state index < -0.39 is 23.5 Å². The molecule has 0 saturated carbocycles. The number of rotatable bonds is 10. The molecule has 0 bridgehead atoms. The number of anilines is 1. The van der Waals surface area contributed by atoms with E-state index in [0.717, 1.165) is 18.4 Å². The van der Waals surface area contributed by atoms with E-state index in [2.05, 4.69) is 29.8 Å². The lowest BCUT2D eigenvalue weighted by atomic mass is 9.82. The van der Waals surface area contributed by atoms with Crippen LogP contribution in [0.25, 0.3) is 11.1 Å². The molecule has 0 unspecified atom stereocenters. The van der Waals surface area contributed by atoms with Crippen LogP contribution in [0.1, 0.15) is 77.3 Å². The molecule has 1 aromatic heterocycles. The topological polar surface area (TPSA) is 84.7 Å². The fourth-order valence-corrected chi connectivity index (χ4v) is 5.25. The Labute approximate surface area is 258 Å². The second-order valence-electron chi connectivity index (χ2n) is 12.8. The van der Waals surface area contributed by atoms with Crippen LogP contribution >= 0.6 is 0 Å². The van der Waals surface area contributed by atoms with Crippen LogP contribution in [0, 0.1) is 28.4 Å². The van der Waals surface area contributed by atoms with Gasteiger partial charge in [0.15, 0.2) is 17.7 Å². The Hall–Kier alpha value is -4.03. The average Bonchev–Trinajstić information content (AvgIpc) is 2.97. The van der Waals surface area contributed by atoms with Gasteiger partial charge in [0.05, 0.1) is 30.1 Å². The van der Waals surface area contributed by atoms with Gasteiger partial charge >= 0.3 is 5.97 Å². The fourth-order valence-electron chi connectivity index (χ4n) is 5.25. The Morgan fingerprint density at radius 3 is 2.39 bits per heavy atom. The van der Waals surface area contributed by atoms with Crippen molar-refractivity contribution in [3.8, 4) is 22.9 Å². The summed E-state index contributed by atoms with van der Waals surface area (Å²) in [6, 6.07) is 12.9. The molecule has 4 rings (SSSR count). The quantitative estimate of drug-likeness (QED) is 0.221. The Kier molecular flexibility index (Phi) is 10.3. The van der Waals surface area contributed by atoms with Gasteiger partial charge in [-0.15, -0.1) is 0 Å². The smallest absolute Gasteiger partial charge is 0.340 e. The van der Waals surface area contributed by atoms with E-state index in [1.807, 2.05) is 20.8 Å². The van der Waals surface area contributed by atoms with E-state index in [9.17, 15) is 14.4 Å². The lowest BCUT2D eigenvalue weighted by molar-refractivity contribution is -0.166. The minimum Gasteiger partial charge on any atom is -0.490 e. The Balaban J connectivity index is 1.77. The summed E-state index contributed by atoms with van der Waals surface area (Å²) < 4.78 is 46.1. The highest BCUT2D eigenvalue weighted by Gasteiger charge is 2.37. The number of hydrogen-bond donors (Lipinski definition) is 0. The summed E-state index contributed by atoms with van der Waals surface area (Å²) in [5.41, 5.74) is 2.33. The zero-order valence-electron chi connectivity index (χ0n) is 26.4. The van der Waals surface area contributed by atoms with E-state index in [1.54, 1.807) is 37.4 Å². The third-order valence-corrected chi connectivity index (χ3v) is 7.67. The van der Waals surface area contributed by atoms with Crippen molar-refractivity contribution in [2.75, 3.05) is 31.2 Å². The van der Waals surface area contributed by atoms with Gasteiger partial charge in [-0.1, -0.05) is 32.0 Å². The molecular formula is C35H41F2N3O4. The molecule has 2 heterocycles. The molecule has 0 radical (unpaired) electrons. The van der Waals surface area contributed by atoms with Gasteiger partial charge < -0.3 is 19.1 Å². The van der Waals surface area contributed by atoms with Crippen molar-refractivity contribution in [3.05, 3.63) is 77.1 Å². The summed E-state index contributed by atoms with van der Waals surface area (Å²) in [4.78, 5) is 20.0. The molecule has 234 valence electrons. The number of aromatic nitrogens is 1. The largest absolute Gasteiger partial charge is 0.490 e. The molecule has 1 fully saturated rings. The van der Waals surface area contributed by atoms with E-state index in [-0.39, 0.29) is 35.9 Å². The summed E-state index contributed by atoms with van der Waals surface area (Å²) >= 11 is 0. The predicted octanol–water partition coefficient (Wildman–Crippen LogP) is 7.57. The zero-order valence-corrected chi connectivity index (χ0v) is 26.4. The van der Waals surface area contributed by atoms with Crippen LogP contribution in [0.3, 0.4) is 0 Å². The van der Waals surface area contributed by atoms with Gasteiger partial charge in [-0.25, -0.2) is 18.6 Å². The third-order valence-electron chi connectivity index (χ3n) is 7.67. The molecule has 1 saturated heterocycles. The normalized spacial score (nSPS) is 15.4. The molecule has 9 heteroatoms. The number of nitrogens with zero attached hydrogens (tertiary/aromatic N) is 3. The zero-order chi connectivity index (χ0) is 32.1. The van der Waals surface area contributed by atoms with E-state index in [4.69, 9.17) is 14.2 Å². The van der Waals surface area contributed by atoms with Gasteiger partial charge in [-0.05, 0) is 81.3 Å². The monoisotopic (exact) mass is 605 g/mol. The van der Waals surface area contributed by atoms with Crippen LogP contribution in [-0.4, -0.2) is 42.9 Å². The van der Waals surface area contributed by atoms with Gasteiger partial charge in [0, 0.05) is 31.3 Å². The highest BCUT2D eigenvalue weighted by Crippen LogP contribution is 2.44. The Morgan fingerprint density at radius 2 is 1.80 bits per heavy atom. The molecule has 2 aromatic carbocycles. The molecular weight excluding hydrogens is 564 g/mol. The van der Waals surface area contributed by atoms with Crippen molar-refractivity contribution in [1.82, 2.24) is 4.98 Å². The lowest BCUT2D eigenvalue weighted by Crippen LogP contribution is -2.39. The van der Waals surface area contributed by atoms with Crippen LogP contribution in [0.4, 0.5) is 14.5 Å². The summed E-state index contributed by atoms with van der Waals surface area (Å²) in [6.45, 7) is 13.3. The van der Waals surface area contributed by atoms with Crippen LogP contribution in [-0.2, 0) is 20.7 Å². The van der Waals surface area contributed by atoms with Crippen molar-refractivity contribution in [2.24, 2.45) is 5.41 Å². The van der Waals surface area contributed by atoms with E-state index >= 15 is 4.39 Å². The number of hydrogen-bond acceptors (Lipinski definition) is 7. The van der Waals surface area contributed by atoms with Gasteiger partial charge in [-0.3, -0.25) is 0 Å². The summed E-state index contributed by atoms with van der Waals surface area (Å²) in [7, 11) is 0. The number of carbonyl (C=O) groups is 1. The minimum absolute atomic E-state index is 0.0529. The predicted molar refractivity (Wildman–Crippen MR) is 165 cm³/mol.